The molecule has 2 aliphatic carbocycles. The summed E-state index contributed by atoms with van der Waals surface area (Å²) in [5, 5.41) is 0. The van der Waals surface area contributed by atoms with Crippen molar-refractivity contribution in [3.05, 3.63) is 35.4 Å². The molecule has 0 heterocycles. The number of esters is 1. The van der Waals surface area contributed by atoms with Crippen molar-refractivity contribution in [1.29, 1.82) is 0 Å². The van der Waals surface area contributed by atoms with Crippen LogP contribution >= 0.6 is 0 Å². The summed E-state index contributed by atoms with van der Waals surface area (Å²) in [6, 6.07) is 8.50. The SMILES string of the molecule is CCOC(=O)C12CCc3ccccc3C1C2. The molecule has 1 saturated carbocycles. The number of benzene rings is 1. The first-order valence-corrected chi connectivity index (χ1v) is 6.03. The molecule has 0 amide bonds. The van der Waals surface area contributed by atoms with Crippen LogP contribution in [0.2, 0.25) is 0 Å². The summed E-state index contributed by atoms with van der Waals surface area (Å²) in [6.45, 7) is 2.37. The summed E-state index contributed by atoms with van der Waals surface area (Å²) < 4.78 is 5.20. The molecular weight excluding hydrogens is 200 g/mol. The van der Waals surface area contributed by atoms with Gasteiger partial charge in [-0.2, -0.15) is 0 Å². The summed E-state index contributed by atoms with van der Waals surface area (Å²) in [5.74, 6) is 0.450. The molecule has 3 rings (SSSR count). The smallest absolute Gasteiger partial charge is 0.312 e. The summed E-state index contributed by atoms with van der Waals surface area (Å²) in [6.07, 6.45) is 2.97. The molecule has 2 nitrogen and oxygen atoms in total. The van der Waals surface area contributed by atoms with E-state index >= 15 is 0 Å². The lowest BCUT2D eigenvalue weighted by Gasteiger charge is -2.22. The van der Waals surface area contributed by atoms with Crippen molar-refractivity contribution < 1.29 is 9.53 Å². The molecule has 0 saturated heterocycles. The van der Waals surface area contributed by atoms with Crippen LogP contribution in [-0.2, 0) is 16.0 Å². The molecule has 84 valence electrons. The largest absolute Gasteiger partial charge is 0.466 e. The van der Waals surface area contributed by atoms with Gasteiger partial charge < -0.3 is 4.74 Å². The minimum absolute atomic E-state index is 0.0227. The first-order valence-electron chi connectivity index (χ1n) is 6.03. The Morgan fingerprint density at radius 1 is 1.50 bits per heavy atom. The van der Waals surface area contributed by atoms with Gasteiger partial charge in [0.05, 0.1) is 12.0 Å². The predicted molar refractivity (Wildman–Crippen MR) is 61.2 cm³/mol. The number of rotatable bonds is 2. The minimum atomic E-state index is -0.162. The average Bonchev–Trinajstić information content (AvgIpc) is 3.06. The van der Waals surface area contributed by atoms with Crippen LogP contribution in [0.1, 0.15) is 36.8 Å². The van der Waals surface area contributed by atoms with Crippen LogP contribution in [0.3, 0.4) is 0 Å². The fourth-order valence-corrected chi connectivity index (χ4v) is 3.05. The Bertz CT molecular complexity index is 438. The van der Waals surface area contributed by atoms with Gasteiger partial charge in [0.1, 0.15) is 0 Å². The van der Waals surface area contributed by atoms with E-state index in [1.165, 1.54) is 11.1 Å². The fourth-order valence-electron chi connectivity index (χ4n) is 3.05. The molecule has 16 heavy (non-hydrogen) atoms. The number of ether oxygens (including phenoxy) is 1. The van der Waals surface area contributed by atoms with Gasteiger partial charge >= 0.3 is 5.97 Å². The summed E-state index contributed by atoms with van der Waals surface area (Å²) in [5.41, 5.74) is 2.64. The maximum atomic E-state index is 11.9. The van der Waals surface area contributed by atoms with Crippen molar-refractivity contribution >= 4 is 5.97 Å². The van der Waals surface area contributed by atoms with Gasteiger partial charge in [0.15, 0.2) is 0 Å². The van der Waals surface area contributed by atoms with Crippen molar-refractivity contribution in [2.24, 2.45) is 5.41 Å². The number of carbonyl (C=O) groups excluding carboxylic acids is 1. The van der Waals surface area contributed by atoms with Crippen molar-refractivity contribution in [3.8, 4) is 0 Å². The Morgan fingerprint density at radius 3 is 3.12 bits per heavy atom. The second-order valence-corrected chi connectivity index (χ2v) is 4.83. The van der Waals surface area contributed by atoms with Gasteiger partial charge in [-0.1, -0.05) is 24.3 Å². The third-order valence-corrected chi connectivity index (χ3v) is 4.03. The highest BCUT2D eigenvalue weighted by molar-refractivity contribution is 5.83. The maximum absolute atomic E-state index is 11.9. The number of aryl methyl sites for hydroxylation is 1. The van der Waals surface area contributed by atoms with E-state index in [2.05, 4.69) is 24.3 Å². The van der Waals surface area contributed by atoms with Crippen molar-refractivity contribution in [2.75, 3.05) is 6.61 Å². The van der Waals surface area contributed by atoms with Crippen LogP contribution in [0.4, 0.5) is 0 Å². The van der Waals surface area contributed by atoms with Crippen LogP contribution in [0.25, 0.3) is 0 Å². The second-order valence-electron chi connectivity index (χ2n) is 4.83. The highest BCUT2D eigenvalue weighted by Crippen LogP contribution is 2.65. The zero-order valence-corrected chi connectivity index (χ0v) is 9.53. The van der Waals surface area contributed by atoms with Crippen molar-refractivity contribution in [3.63, 3.8) is 0 Å². The van der Waals surface area contributed by atoms with Crippen LogP contribution in [0.15, 0.2) is 24.3 Å². The van der Waals surface area contributed by atoms with E-state index in [1.807, 2.05) is 6.92 Å². The van der Waals surface area contributed by atoms with Crippen LogP contribution < -0.4 is 0 Å². The summed E-state index contributed by atoms with van der Waals surface area (Å²) in [7, 11) is 0. The second kappa shape index (κ2) is 3.34. The molecule has 2 atom stereocenters. The van der Waals surface area contributed by atoms with E-state index in [9.17, 15) is 4.79 Å². The Hall–Kier alpha value is -1.31. The van der Waals surface area contributed by atoms with Gasteiger partial charge in [-0.25, -0.2) is 0 Å². The third kappa shape index (κ3) is 1.22. The Morgan fingerprint density at radius 2 is 2.31 bits per heavy atom. The number of hydrogen-bond acceptors (Lipinski definition) is 2. The predicted octanol–water partition coefficient (Wildman–Crippen LogP) is 2.67. The Balaban J connectivity index is 1.90. The molecule has 2 unspecified atom stereocenters. The maximum Gasteiger partial charge on any atom is 0.312 e. The zero-order chi connectivity index (χ0) is 11.2. The molecule has 0 radical (unpaired) electrons. The van der Waals surface area contributed by atoms with Gasteiger partial charge in [0.25, 0.3) is 0 Å². The van der Waals surface area contributed by atoms with Crippen molar-refractivity contribution in [2.45, 2.75) is 32.1 Å². The molecule has 1 aromatic carbocycles. The quantitative estimate of drug-likeness (QED) is 0.710. The lowest BCUT2D eigenvalue weighted by Crippen LogP contribution is -2.24. The van der Waals surface area contributed by atoms with Gasteiger partial charge in [0.2, 0.25) is 0 Å². The Kier molecular flexibility index (Phi) is 2.06. The monoisotopic (exact) mass is 216 g/mol. The topological polar surface area (TPSA) is 26.3 Å². The van der Waals surface area contributed by atoms with E-state index < -0.39 is 0 Å². The molecule has 1 aromatic rings. The molecule has 2 heteroatoms. The average molecular weight is 216 g/mol. The van der Waals surface area contributed by atoms with Crippen LogP contribution in [0.5, 0.6) is 0 Å². The number of fused-ring (bicyclic) bond motifs is 3. The van der Waals surface area contributed by atoms with E-state index in [0.717, 1.165) is 19.3 Å². The highest BCUT2D eigenvalue weighted by atomic mass is 16.5. The molecule has 0 spiro atoms. The lowest BCUT2D eigenvalue weighted by atomic mass is 9.84. The molecule has 0 aliphatic heterocycles. The first kappa shape index (κ1) is 9.88. The van der Waals surface area contributed by atoms with Gasteiger partial charge in [0, 0.05) is 5.92 Å². The number of hydrogen-bond donors (Lipinski definition) is 0. The van der Waals surface area contributed by atoms with E-state index in [-0.39, 0.29) is 11.4 Å². The normalized spacial score (nSPS) is 30.2. The van der Waals surface area contributed by atoms with Gasteiger partial charge in [-0.05, 0) is 37.3 Å². The van der Waals surface area contributed by atoms with Gasteiger partial charge in [-0.15, -0.1) is 0 Å². The highest BCUT2D eigenvalue weighted by Gasteiger charge is 2.63. The first-order chi connectivity index (χ1) is 7.78. The van der Waals surface area contributed by atoms with Crippen molar-refractivity contribution in [1.82, 2.24) is 0 Å². The number of carbonyl (C=O) groups is 1. The summed E-state index contributed by atoms with van der Waals surface area (Å²) >= 11 is 0. The van der Waals surface area contributed by atoms with Gasteiger partial charge in [-0.3, -0.25) is 4.79 Å². The molecule has 0 aromatic heterocycles. The fraction of sp³-hybridized carbons (Fsp3) is 0.500. The molecular formula is C14H16O2. The molecule has 0 bridgehead atoms. The standard InChI is InChI=1S/C14H16O2/c1-2-16-13(15)14-8-7-10-5-3-4-6-11(10)12(14)9-14/h3-6,12H,2,7-9H2,1H3. The lowest BCUT2D eigenvalue weighted by molar-refractivity contribution is -0.150. The minimum Gasteiger partial charge on any atom is -0.466 e. The van der Waals surface area contributed by atoms with Crippen LogP contribution in [-0.4, -0.2) is 12.6 Å². The zero-order valence-electron chi connectivity index (χ0n) is 9.53. The Labute approximate surface area is 95.6 Å². The van der Waals surface area contributed by atoms with E-state index in [0.29, 0.717) is 12.5 Å². The summed E-state index contributed by atoms with van der Waals surface area (Å²) in [4.78, 5) is 11.9. The van der Waals surface area contributed by atoms with Crippen LogP contribution in [0, 0.1) is 5.41 Å². The van der Waals surface area contributed by atoms with E-state index in [1.54, 1.807) is 0 Å². The molecule has 1 fully saturated rings. The molecule has 2 aliphatic rings. The van der Waals surface area contributed by atoms with E-state index in [4.69, 9.17) is 4.74 Å². The molecule has 0 N–H and O–H groups in total. The third-order valence-electron chi connectivity index (χ3n) is 4.03.